The highest BCUT2D eigenvalue weighted by Gasteiger charge is 2.44. The third-order valence-electron chi connectivity index (χ3n) is 4.88. The van der Waals surface area contributed by atoms with Crippen molar-refractivity contribution in [3.05, 3.63) is 133 Å². The van der Waals surface area contributed by atoms with E-state index in [0.717, 1.165) is 5.56 Å². The van der Waals surface area contributed by atoms with Crippen LogP contribution >= 0.6 is 7.26 Å². The molecule has 0 aliphatic rings. The van der Waals surface area contributed by atoms with Gasteiger partial charge < -0.3 is 5.11 Å². The lowest BCUT2D eigenvalue weighted by atomic mass is 10.2. The summed E-state index contributed by atoms with van der Waals surface area (Å²) in [5, 5.41) is 14.8. The summed E-state index contributed by atoms with van der Waals surface area (Å²) in [7, 11) is -2.19. The summed E-state index contributed by atoms with van der Waals surface area (Å²) in [5.74, 6) is 2.40. The summed E-state index contributed by atoms with van der Waals surface area (Å²) in [6.07, 6.45) is 0. The first kappa shape index (κ1) is 18.2. The molecule has 2 heteroatoms. The van der Waals surface area contributed by atoms with Gasteiger partial charge in [-0.2, -0.15) is 0 Å². The maximum Gasteiger partial charge on any atom is 0.158 e. The maximum absolute atomic E-state index is 11.1. The summed E-state index contributed by atoms with van der Waals surface area (Å²) in [5.41, 5.74) is 0.828. The third kappa shape index (κ3) is 3.50. The van der Waals surface area contributed by atoms with Crippen LogP contribution in [0.2, 0.25) is 0 Å². The fourth-order valence-corrected chi connectivity index (χ4v) is 7.31. The average Bonchev–Trinajstić information content (AvgIpc) is 2.80. The molecular formula is C26H22OP+. The summed E-state index contributed by atoms with van der Waals surface area (Å²) in [6.45, 7) is 0. The van der Waals surface area contributed by atoms with Gasteiger partial charge in [-0.3, -0.25) is 0 Å². The molecular weight excluding hydrogens is 359 g/mol. The molecule has 136 valence electrons. The highest BCUT2D eigenvalue weighted by Crippen LogP contribution is 2.58. The van der Waals surface area contributed by atoms with Gasteiger partial charge >= 0.3 is 0 Å². The van der Waals surface area contributed by atoms with E-state index in [1.165, 1.54) is 15.9 Å². The zero-order chi connectivity index (χ0) is 19.2. The number of hydrogen-bond acceptors (Lipinski definition) is 1. The van der Waals surface area contributed by atoms with Crippen LogP contribution < -0.4 is 15.9 Å². The number of aliphatic hydroxyl groups is 1. The van der Waals surface area contributed by atoms with Crippen LogP contribution in [0.15, 0.2) is 127 Å². The van der Waals surface area contributed by atoms with Crippen molar-refractivity contribution in [3.63, 3.8) is 0 Å². The largest absolute Gasteiger partial charge is 0.504 e. The standard InChI is InChI=1S/C26H21OP/c27-26(22-13-5-1-6-14-22)21-28(23-15-7-2-8-16-23,24-17-9-3-10-18-24)25-19-11-4-12-20-25/h1-21H/p+1. The second-order valence-corrected chi connectivity index (χ2v) is 9.86. The van der Waals surface area contributed by atoms with Gasteiger partial charge in [0.15, 0.2) is 5.76 Å². The number of aliphatic hydroxyl groups excluding tert-OH is 1. The van der Waals surface area contributed by atoms with Crippen LogP contribution in [0, 0.1) is 0 Å². The first-order valence-electron chi connectivity index (χ1n) is 9.33. The molecule has 0 heterocycles. The Morgan fingerprint density at radius 2 is 0.821 bits per heavy atom. The lowest BCUT2D eigenvalue weighted by Crippen LogP contribution is -2.29. The molecule has 4 rings (SSSR count). The Kier molecular flexibility index (Phi) is 5.37. The topological polar surface area (TPSA) is 20.2 Å². The van der Waals surface area contributed by atoms with Crippen molar-refractivity contribution in [1.82, 2.24) is 0 Å². The molecule has 0 spiro atoms. The van der Waals surface area contributed by atoms with Crippen molar-refractivity contribution in [3.8, 4) is 0 Å². The molecule has 0 amide bonds. The van der Waals surface area contributed by atoms with Crippen LogP contribution in [0.25, 0.3) is 5.76 Å². The molecule has 0 bridgehead atoms. The monoisotopic (exact) mass is 381 g/mol. The van der Waals surface area contributed by atoms with E-state index in [9.17, 15) is 5.11 Å². The van der Waals surface area contributed by atoms with Crippen LogP contribution in [0.1, 0.15) is 5.56 Å². The number of benzene rings is 4. The van der Waals surface area contributed by atoms with Gasteiger partial charge in [0.2, 0.25) is 0 Å². The average molecular weight is 381 g/mol. The predicted octanol–water partition coefficient (Wildman–Crippen LogP) is 5.54. The van der Waals surface area contributed by atoms with Crippen LogP contribution in [-0.2, 0) is 0 Å². The van der Waals surface area contributed by atoms with Gasteiger partial charge in [0, 0.05) is 5.56 Å². The highest BCUT2D eigenvalue weighted by molar-refractivity contribution is 7.98. The lowest BCUT2D eigenvalue weighted by Gasteiger charge is -2.24. The maximum atomic E-state index is 11.1. The Bertz CT molecular complexity index is 946. The molecule has 0 fully saturated rings. The molecule has 0 aliphatic heterocycles. The quantitative estimate of drug-likeness (QED) is 0.356. The lowest BCUT2D eigenvalue weighted by molar-refractivity contribution is 0.513. The van der Waals surface area contributed by atoms with Crippen molar-refractivity contribution < 1.29 is 5.11 Å². The molecule has 0 saturated heterocycles. The van der Waals surface area contributed by atoms with Gasteiger partial charge in [-0.15, -0.1) is 0 Å². The van der Waals surface area contributed by atoms with E-state index in [0.29, 0.717) is 5.76 Å². The molecule has 1 N–H and O–H groups in total. The molecule has 4 aromatic carbocycles. The van der Waals surface area contributed by atoms with E-state index in [2.05, 4.69) is 78.6 Å². The molecule has 28 heavy (non-hydrogen) atoms. The molecule has 0 saturated carbocycles. The van der Waals surface area contributed by atoms with E-state index in [4.69, 9.17) is 0 Å². The minimum Gasteiger partial charge on any atom is -0.504 e. The normalized spacial score (nSPS) is 11.9. The van der Waals surface area contributed by atoms with Crippen molar-refractivity contribution in [2.24, 2.45) is 0 Å². The Labute approximate surface area is 167 Å². The highest BCUT2D eigenvalue weighted by atomic mass is 31.2. The minimum absolute atomic E-state index is 0.311. The van der Waals surface area contributed by atoms with Crippen LogP contribution in [-0.4, -0.2) is 5.11 Å². The van der Waals surface area contributed by atoms with Gasteiger partial charge in [0.1, 0.15) is 29.0 Å². The zero-order valence-corrected chi connectivity index (χ0v) is 16.4. The Morgan fingerprint density at radius 3 is 1.18 bits per heavy atom. The number of hydrogen-bond donors (Lipinski definition) is 1. The molecule has 0 aliphatic carbocycles. The Balaban J connectivity index is 2.04. The first-order valence-corrected chi connectivity index (χ1v) is 11.2. The summed E-state index contributed by atoms with van der Waals surface area (Å²) < 4.78 is 0. The molecule has 4 aromatic rings. The summed E-state index contributed by atoms with van der Waals surface area (Å²) in [6, 6.07) is 41.3. The van der Waals surface area contributed by atoms with E-state index in [-0.39, 0.29) is 0 Å². The molecule has 1 nitrogen and oxygen atoms in total. The van der Waals surface area contributed by atoms with Crippen molar-refractivity contribution in [2.45, 2.75) is 0 Å². The number of rotatable bonds is 5. The van der Waals surface area contributed by atoms with Crippen molar-refractivity contribution in [2.75, 3.05) is 0 Å². The molecule has 0 radical (unpaired) electrons. The van der Waals surface area contributed by atoms with Crippen molar-refractivity contribution >= 4 is 28.9 Å². The van der Waals surface area contributed by atoms with Gasteiger partial charge in [-0.1, -0.05) is 84.9 Å². The van der Waals surface area contributed by atoms with Crippen molar-refractivity contribution in [1.29, 1.82) is 0 Å². The first-order chi connectivity index (χ1) is 13.8. The van der Waals surface area contributed by atoms with E-state index in [1.54, 1.807) is 0 Å². The summed E-state index contributed by atoms with van der Waals surface area (Å²) in [4.78, 5) is 0. The van der Waals surface area contributed by atoms with Gasteiger partial charge in [0.25, 0.3) is 0 Å². The third-order valence-corrected chi connectivity index (χ3v) is 8.85. The Morgan fingerprint density at radius 1 is 0.500 bits per heavy atom. The molecule has 0 aromatic heterocycles. The van der Waals surface area contributed by atoms with Crippen LogP contribution in [0.4, 0.5) is 0 Å². The van der Waals surface area contributed by atoms with Gasteiger partial charge in [-0.05, 0) is 36.4 Å². The molecule has 0 unspecified atom stereocenters. The second-order valence-electron chi connectivity index (χ2n) is 6.61. The fraction of sp³-hybridized carbons (Fsp3) is 0. The SMILES string of the molecule is OC(=C[P+](c1ccccc1)(c1ccccc1)c1ccccc1)c1ccccc1. The zero-order valence-electron chi connectivity index (χ0n) is 15.5. The van der Waals surface area contributed by atoms with Gasteiger partial charge in [-0.25, -0.2) is 0 Å². The Hall–Kier alpha value is -3.15. The summed E-state index contributed by atoms with van der Waals surface area (Å²) >= 11 is 0. The molecule has 0 atom stereocenters. The van der Waals surface area contributed by atoms with E-state index in [1.807, 2.05) is 48.5 Å². The van der Waals surface area contributed by atoms with E-state index >= 15 is 0 Å². The fourth-order valence-electron chi connectivity index (χ4n) is 3.53. The van der Waals surface area contributed by atoms with Crippen LogP contribution in [0.3, 0.4) is 0 Å². The van der Waals surface area contributed by atoms with Crippen LogP contribution in [0.5, 0.6) is 0 Å². The van der Waals surface area contributed by atoms with E-state index < -0.39 is 7.26 Å². The predicted molar refractivity (Wildman–Crippen MR) is 122 cm³/mol. The van der Waals surface area contributed by atoms with Gasteiger partial charge in [0.05, 0.1) is 0 Å². The smallest absolute Gasteiger partial charge is 0.158 e. The second kappa shape index (κ2) is 8.25. The minimum atomic E-state index is -2.19.